The van der Waals surface area contributed by atoms with Gasteiger partial charge in [-0.25, -0.2) is 8.78 Å². The summed E-state index contributed by atoms with van der Waals surface area (Å²) in [6, 6.07) is 4.05. The molecule has 1 aliphatic heterocycles. The molecule has 1 N–H and O–H groups in total. The SMILES string of the molecule is O=C1CCC(Cc2cccc(F)c2F)N1. The third-order valence-electron chi connectivity index (χ3n) is 2.58. The van der Waals surface area contributed by atoms with Crippen molar-refractivity contribution in [2.75, 3.05) is 0 Å². The molecule has 1 aromatic carbocycles. The van der Waals surface area contributed by atoms with Crippen molar-refractivity contribution in [2.45, 2.75) is 25.3 Å². The summed E-state index contributed by atoms with van der Waals surface area (Å²) in [7, 11) is 0. The van der Waals surface area contributed by atoms with Gasteiger partial charge in [0.15, 0.2) is 11.6 Å². The van der Waals surface area contributed by atoms with Gasteiger partial charge in [-0.2, -0.15) is 0 Å². The first-order valence-corrected chi connectivity index (χ1v) is 4.89. The molecule has 1 amide bonds. The number of benzene rings is 1. The van der Waals surface area contributed by atoms with Crippen molar-refractivity contribution in [3.63, 3.8) is 0 Å². The maximum absolute atomic E-state index is 13.3. The molecule has 2 rings (SSSR count). The minimum Gasteiger partial charge on any atom is -0.353 e. The minimum atomic E-state index is -0.836. The maximum Gasteiger partial charge on any atom is 0.220 e. The second kappa shape index (κ2) is 3.96. The van der Waals surface area contributed by atoms with Crippen LogP contribution in [0.3, 0.4) is 0 Å². The fourth-order valence-corrected chi connectivity index (χ4v) is 1.80. The van der Waals surface area contributed by atoms with Crippen molar-refractivity contribution in [1.82, 2.24) is 5.32 Å². The molecular formula is C11H11F2NO. The van der Waals surface area contributed by atoms with Crippen LogP contribution in [0.15, 0.2) is 18.2 Å². The molecule has 0 saturated carbocycles. The molecule has 0 aromatic heterocycles. The van der Waals surface area contributed by atoms with E-state index in [0.717, 1.165) is 6.07 Å². The lowest BCUT2D eigenvalue weighted by Gasteiger charge is -2.10. The highest BCUT2D eigenvalue weighted by Gasteiger charge is 2.22. The van der Waals surface area contributed by atoms with Gasteiger partial charge in [0.25, 0.3) is 0 Å². The summed E-state index contributed by atoms with van der Waals surface area (Å²) in [6.07, 6.45) is 1.52. The Labute approximate surface area is 86.3 Å². The minimum absolute atomic E-state index is 0.0168. The number of rotatable bonds is 2. The van der Waals surface area contributed by atoms with Gasteiger partial charge in [-0.3, -0.25) is 4.79 Å². The molecule has 0 radical (unpaired) electrons. The van der Waals surface area contributed by atoms with Gasteiger partial charge in [-0.1, -0.05) is 12.1 Å². The first-order valence-electron chi connectivity index (χ1n) is 4.89. The summed E-state index contributed by atoms with van der Waals surface area (Å²) in [5.74, 6) is -1.66. The van der Waals surface area contributed by atoms with E-state index in [0.29, 0.717) is 24.8 Å². The Hall–Kier alpha value is -1.45. The topological polar surface area (TPSA) is 29.1 Å². The van der Waals surface area contributed by atoms with Gasteiger partial charge >= 0.3 is 0 Å². The molecule has 1 aliphatic rings. The number of hydrogen-bond donors (Lipinski definition) is 1. The summed E-state index contributed by atoms with van der Waals surface area (Å²) in [4.78, 5) is 10.9. The Kier molecular flexibility index (Phi) is 2.66. The van der Waals surface area contributed by atoms with E-state index in [1.54, 1.807) is 6.07 Å². The Balaban J connectivity index is 2.11. The maximum atomic E-state index is 13.3. The average Bonchev–Trinajstić information content (AvgIpc) is 2.59. The molecule has 1 unspecified atom stereocenters. The van der Waals surface area contributed by atoms with Gasteiger partial charge < -0.3 is 5.32 Å². The zero-order valence-corrected chi connectivity index (χ0v) is 8.09. The second-order valence-electron chi connectivity index (χ2n) is 3.72. The molecule has 1 saturated heterocycles. The smallest absolute Gasteiger partial charge is 0.220 e. The largest absolute Gasteiger partial charge is 0.353 e. The lowest BCUT2D eigenvalue weighted by Crippen LogP contribution is -2.27. The molecule has 15 heavy (non-hydrogen) atoms. The first kappa shape index (κ1) is 10.1. The Morgan fingerprint density at radius 3 is 2.87 bits per heavy atom. The van der Waals surface area contributed by atoms with Crippen LogP contribution in [0.5, 0.6) is 0 Å². The van der Waals surface area contributed by atoms with Crippen molar-refractivity contribution in [3.8, 4) is 0 Å². The molecule has 1 aromatic rings. The Morgan fingerprint density at radius 2 is 2.20 bits per heavy atom. The molecule has 80 valence electrons. The lowest BCUT2D eigenvalue weighted by atomic mass is 10.0. The summed E-state index contributed by atoms with van der Waals surface area (Å²) < 4.78 is 26.1. The van der Waals surface area contributed by atoms with Gasteiger partial charge in [-0.05, 0) is 24.5 Å². The zero-order valence-electron chi connectivity index (χ0n) is 8.09. The highest BCUT2D eigenvalue weighted by Crippen LogP contribution is 2.17. The van der Waals surface area contributed by atoms with E-state index < -0.39 is 11.6 Å². The van der Waals surface area contributed by atoms with Crippen LogP contribution >= 0.6 is 0 Å². The van der Waals surface area contributed by atoms with E-state index in [1.807, 2.05) is 0 Å². The molecule has 2 nitrogen and oxygen atoms in total. The summed E-state index contributed by atoms with van der Waals surface area (Å²) in [5.41, 5.74) is 0.321. The third-order valence-corrected chi connectivity index (χ3v) is 2.58. The van der Waals surface area contributed by atoms with E-state index >= 15 is 0 Å². The van der Waals surface area contributed by atoms with Crippen molar-refractivity contribution in [3.05, 3.63) is 35.4 Å². The molecule has 0 spiro atoms. The van der Waals surface area contributed by atoms with Crippen LogP contribution in [0.1, 0.15) is 18.4 Å². The fourth-order valence-electron chi connectivity index (χ4n) is 1.80. The Morgan fingerprint density at radius 1 is 1.40 bits per heavy atom. The van der Waals surface area contributed by atoms with Crippen LogP contribution in [0.4, 0.5) is 8.78 Å². The molecule has 1 fully saturated rings. The number of hydrogen-bond acceptors (Lipinski definition) is 1. The molecule has 1 heterocycles. The summed E-state index contributed by atoms with van der Waals surface area (Å²) >= 11 is 0. The monoisotopic (exact) mass is 211 g/mol. The third kappa shape index (κ3) is 2.14. The van der Waals surface area contributed by atoms with Crippen molar-refractivity contribution in [2.24, 2.45) is 0 Å². The molecular weight excluding hydrogens is 200 g/mol. The van der Waals surface area contributed by atoms with Crippen LogP contribution in [-0.2, 0) is 11.2 Å². The highest BCUT2D eigenvalue weighted by molar-refractivity contribution is 5.78. The van der Waals surface area contributed by atoms with Crippen LogP contribution in [-0.4, -0.2) is 11.9 Å². The van der Waals surface area contributed by atoms with E-state index in [9.17, 15) is 13.6 Å². The van der Waals surface area contributed by atoms with Crippen molar-refractivity contribution >= 4 is 5.91 Å². The quantitative estimate of drug-likeness (QED) is 0.793. The molecule has 0 aliphatic carbocycles. The molecule has 4 heteroatoms. The standard InChI is InChI=1S/C11H11F2NO/c12-9-3-1-2-7(11(9)13)6-8-4-5-10(15)14-8/h1-3,8H,4-6H2,(H,14,15). The van der Waals surface area contributed by atoms with Crippen LogP contribution in [0.25, 0.3) is 0 Å². The normalized spacial score (nSPS) is 20.4. The van der Waals surface area contributed by atoms with Crippen LogP contribution in [0, 0.1) is 11.6 Å². The van der Waals surface area contributed by atoms with E-state index in [-0.39, 0.29) is 11.9 Å². The number of halogens is 2. The predicted molar refractivity (Wildman–Crippen MR) is 51.2 cm³/mol. The highest BCUT2D eigenvalue weighted by atomic mass is 19.2. The van der Waals surface area contributed by atoms with Crippen molar-refractivity contribution < 1.29 is 13.6 Å². The number of carbonyl (C=O) groups excluding carboxylic acids is 1. The number of nitrogens with one attached hydrogen (secondary N) is 1. The van der Waals surface area contributed by atoms with E-state index in [1.165, 1.54) is 6.07 Å². The van der Waals surface area contributed by atoms with Crippen molar-refractivity contribution in [1.29, 1.82) is 0 Å². The molecule has 1 atom stereocenters. The van der Waals surface area contributed by atoms with Gasteiger partial charge in [0.05, 0.1) is 0 Å². The number of carbonyl (C=O) groups is 1. The van der Waals surface area contributed by atoms with Gasteiger partial charge in [-0.15, -0.1) is 0 Å². The Bertz CT molecular complexity index is 392. The van der Waals surface area contributed by atoms with Gasteiger partial charge in [0.2, 0.25) is 5.91 Å². The van der Waals surface area contributed by atoms with E-state index in [4.69, 9.17) is 0 Å². The first-order chi connectivity index (χ1) is 7.16. The zero-order chi connectivity index (χ0) is 10.8. The predicted octanol–water partition coefficient (Wildman–Crippen LogP) is 1.79. The van der Waals surface area contributed by atoms with Crippen LogP contribution in [0.2, 0.25) is 0 Å². The molecule has 0 bridgehead atoms. The lowest BCUT2D eigenvalue weighted by molar-refractivity contribution is -0.119. The van der Waals surface area contributed by atoms with Gasteiger partial charge in [0, 0.05) is 12.5 Å². The average molecular weight is 211 g/mol. The fraction of sp³-hybridized carbons (Fsp3) is 0.364. The van der Waals surface area contributed by atoms with Crippen LogP contribution < -0.4 is 5.32 Å². The summed E-state index contributed by atoms with van der Waals surface area (Å²) in [5, 5.41) is 2.72. The number of amides is 1. The second-order valence-corrected chi connectivity index (χ2v) is 3.72. The van der Waals surface area contributed by atoms with Gasteiger partial charge in [0.1, 0.15) is 0 Å². The summed E-state index contributed by atoms with van der Waals surface area (Å²) in [6.45, 7) is 0. The van der Waals surface area contributed by atoms with E-state index in [2.05, 4.69) is 5.32 Å².